The molecule has 0 aliphatic heterocycles. The third kappa shape index (κ3) is 3.40. The second kappa shape index (κ2) is 4.91. The van der Waals surface area contributed by atoms with Crippen molar-refractivity contribution < 1.29 is 8.42 Å². The predicted molar refractivity (Wildman–Crippen MR) is 60.7 cm³/mol. The Morgan fingerprint density at radius 1 is 1.29 bits per heavy atom. The minimum Gasteiger partial charge on any atom is -0.329 e. The molecular formula is C9H12BrNO2S. The number of nitrogens with two attached hydrogens (primary N) is 1. The highest BCUT2D eigenvalue weighted by molar-refractivity contribution is 9.10. The number of halogens is 1. The monoisotopic (exact) mass is 277 g/mol. The molecule has 1 aromatic rings. The van der Waals surface area contributed by atoms with Gasteiger partial charge in [0, 0.05) is 11.0 Å². The maximum Gasteiger partial charge on any atom is 0.155 e. The summed E-state index contributed by atoms with van der Waals surface area (Å²) in [5.74, 6) is 0.0833. The Bertz CT molecular complexity index is 403. The molecule has 0 saturated heterocycles. The van der Waals surface area contributed by atoms with Gasteiger partial charge in [0.15, 0.2) is 9.84 Å². The van der Waals surface area contributed by atoms with Gasteiger partial charge in [0.05, 0.1) is 11.5 Å². The summed E-state index contributed by atoms with van der Waals surface area (Å²) in [7, 11) is -3.06. The van der Waals surface area contributed by atoms with E-state index < -0.39 is 9.84 Å². The molecule has 0 spiro atoms. The number of hydrogen-bond acceptors (Lipinski definition) is 3. The summed E-state index contributed by atoms with van der Waals surface area (Å²) in [6.07, 6.45) is 0. The van der Waals surface area contributed by atoms with Crippen molar-refractivity contribution in [3.8, 4) is 0 Å². The van der Waals surface area contributed by atoms with E-state index in [0.717, 1.165) is 10.0 Å². The topological polar surface area (TPSA) is 60.2 Å². The molecule has 0 heterocycles. The molecule has 0 aliphatic rings. The van der Waals surface area contributed by atoms with E-state index >= 15 is 0 Å². The lowest BCUT2D eigenvalue weighted by molar-refractivity contribution is 0.595. The van der Waals surface area contributed by atoms with Crippen molar-refractivity contribution in [2.45, 2.75) is 5.75 Å². The molecule has 5 heteroatoms. The molecule has 0 unspecified atom stereocenters. The summed E-state index contributed by atoms with van der Waals surface area (Å²) < 4.78 is 23.7. The predicted octanol–water partition coefficient (Wildman–Crippen LogP) is 1.32. The van der Waals surface area contributed by atoms with E-state index in [9.17, 15) is 8.42 Å². The summed E-state index contributed by atoms with van der Waals surface area (Å²) in [6.45, 7) is 0.173. The van der Waals surface area contributed by atoms with Crippen LogP contribution in [0.2, 0.25) is 0 Å². The van der Waals surface area contributed by atoms with Crippen molar-refractivity contribution in [3.63, 3.8) is 0 Å². The van der Waals surface area contributed by atoms with Crippen LogP contribution in [0.4, 0.5) is 0 Å². The smallest absolute Gasteiger partial charge is 0.155 e. The fourth-order valence-electron chi connectivity index (χ4n) is 1.10. The van der Waals surface area contributed by atoms with E-state index in [0.29, 0.717) is 0 Å². The zero-order chi connectivity index (χ0) is 10.6. The van der Waals surface area contributed by atoms with Crippen LogP contribution in [0.3, 0.4) is 0 Å². The fourth-order valence-corrected chi connectivity index (χ4v) is 2.94. The first-order valence-electron chi connectivity index (χ1n) is 4.19. The Kier molecular flexibility index (Phi) is 4.10. The fraction of sp³-hybridized carbons (Fsp3) is 0.333. The summed E-state index contributed by atoms with van der Waals surface area (Å²) >= 11 is 3.30. The van der Waals surface area contributed by atoms with E-state index in [1.807, 2.05) is 18.2 Å². The third-order valence-corrected chi connectivity index (χ3v) is 4.14. The van der Waals surface area contributed by atoms with E-state index in [2.05, 4.69) is 15.9 Å². The van der Waals surface area contributed by atoms with Crippen molar-refractivity contribution >= 4 is 25.8 Å². The molecule has 14 heavy (non-hydrogen) atoms. The maximum absolute atomic E-state index is 11.5. The lowest BCUT2D eigenvalue weighted by Gasteiger charge is -2.04. The first-order valence-corrected chi connectivity index (χ1v) is 6.80. The highest BCUT2D eigenvalue weighted by atomic mass is 79.9. The molecule has 0 saturated carbocycles. The zero-order valence-electron chi connectivity index (χ0n) is 7.61. The van der Waals surface area contributed by atoms with Crippen molar-refractivity contribution in [2.75, 3.05) is 12.3 Å². The standard InChI is InChI=1S/C9H12BrNO2S/c10-9-4-2-1-3-8(9)7-14(12,13)6-5-11/h1-4H,5-7,11H2. The highest BCUT2D eigenvalue weighted by Gasteiger charge is 2.12. The number of sulfone groups is 1. The van der Waals surface area contributed by atoms with Gasteiger partial charge < -0.3 is 5.73 Å². The van der Waals surface area contributed by atoms with Crippen LogP contribution in [-0.4, -0.2) is 20.7 Å². The molecule has 0 fully saturated rings. The number of benzene rings is 1. The van der Waals surface area contributed by atoms with Gasteiger partial charge in [0.1, 0.15) is 0 Å². The summed E-state index contributed by atoms with van der Waals surface area (Å²) in [5, 5.41) is 0. The molecule has 0 aromatic heterocycles. The van der Waals surface area contributed by atoms with Crippen molar-refractivity contribution in [2.24, 2.45) is 5.73 Å². The van der Waals surface area contributed by atoms with Crippen LogP contribution < -0.4 is 5.73 Å². The number of hydrogen-bond donors (Lipinski definition) is 1. The average Bonchev–Trinajstić information content (AvgIpc) is 2.08. The Hall–Kier alpha value is -0.390. The van der Waals surface area contributed by atoms with Crippen LogP contribution >= 0.6 is 15.9 Å². The van der Waals surface area contributed by atoms with Gasteiger partial charge in [-0.05, 0) is 11.6 Å². The van der Waals surface area contributed by atoms with Crippen LogP contribution in [0.5, 0.6) is 0 Å². The first-order chi connectivity index (χ1) is 6.55. The zero-order valence-corrected chi connectivity index (χ0v) is 10.0. The highest BCUT2D eigenvalue weighted by Crippen LogP contribution is 2.18. The van der Waals surface area contributed by atoms with Crippen LogP contribution in [0.1, 0.15) is 5.56 Å². The maximum atomic E-state index is 11.5. The molecular weight excluding hydrogens is 266 g/mol. The SMILES string of the molecule is NCCS(=O)(=O)Cc1ccccc1Br. The van der Waals surface area contributed by atoms with E-state index in [1.165, 1.54) is 0 Å². The van der Waals surface area contributed by atoms with Gasteiger partial charge >= 0.3 is 0 Å². The van der Waals surface area contributed by atoms with Crippen molar-refractivity contribution in [3.05, 3.63) is 34.3 Å². The summed E-state index contributed by atoms with van der Waals surface area (Å²) in [6, 6.07) is 7.28. The van der Waals surface area contributed by atoms with Gasteiger partial charge in [0.25, 0.3) is 0 Å². The Morgan fingerprint density at radius 3 is 2.50 bits per heavy atom. The minimum atomic E-state index is -3.06. The van der Waals surface area contributed by atoms with Gasteiger partial charge in [-0.1, -0.05) is 34.1 Å². The summed E-state index contributed by atoms with van der Waals surface area (Å²) in [5.41, 5.74) is 5.99. The lowest BCUT2D eigenvalue weighted by atomic mass is 10.2. The van der Waals surface area contributed by atoms with E-state index in [1.54, 1.807) is 6.07 Å². The third-order valence-electron chi connectivity index (χ3n) is 1.76. The first kappa shape index (κ1) is 11.7. The average molecular weight is 278 g/mol. The second-order valence-electron chi connectivity index (χ2n) is 2.97. The van der Waals surface area contributed by atoms with Gasteiger partial charge in [-0.2, -0.15) is 0 Å². The van der Waals surface area contributed by atoms with Crippen LogP contribution in [0.15, 0.2) is 28.7 Å². The van der Waals surface area contributed by atoms with Gasteiger partial charge in [-0.15, -0.1) is 0 Å². The van der Waals surface area contributed by atoms with Crippen LogP contribution in [0.25, 0.3) is 0 Å². The Balaban J connectivity index is 2.84. The van der Waals surface area contributed by atoms with Gasteiger partial charge in [0.2, 0.25) is 0 Å². The molecule has 1 aromatic carbocycles. The summed E-state index contributed by atoms with van der Waals surface area (Å²) in [4.78, 5) is 0. The molecule has 3 nitrogen and oxygen atoms in total. The van der Waals surface area contributed by atoms with Crippen molar-refractivity contribution in [1.82, 2.24) is 0 Å². The largest absolute Gasteiger partial charge is 0.329 e. The van der Waals surface area contributed by atoms with Crippen LogP contribution in [-0.2, 0) is 15.6 Å². The lowest BCUT2D eigenvalue weighted by Crippen LogP contribution is -2.17. The van der Waals surface area contributed by atoms with Gasteiger partial charge in [-0.25, -0.2) is 8.42 Å². The Morgan fingerprint density at radius 2 is 1.93 bits per heavy atom. The molecule has 0 atom stereocenters. The molecule has 0 amide bonds. The quantitative estimate of drug-likeness (QED) is 0.903. The van der Waals surface area contributed by atoms with E-state index in [4.69, 9.17) is 5.73 Å². The molecule has 78 valence electrons. The second-order valence-corrected chi connectivity index (χ2v) is 6.01. The van der Waals surface area contributed by atoms with Gasteiger partial charge in [-0.3, -0.25) is 0 Å². The molecule has 2 N–H and O–H groups in total. The normalized spacial score (nSPS) is 11.6. The number of rotatable bonds is 4. The van der Waals surface area contributed by atoms with E-state index in [-0.39, 0.29) is 18.1 Å². The molecule has 0 aliphatic carbocycles. The Labute approximate surface area is 92.4 Å². The minimum absolute atomic E-state index is 0.0360. The van der Waals surface area contributed by atoms with Crippen LogP contribution in [0, 0.1) is 0 Å². The molecule has 0 radical (unpaired) electrons. The molecule has 1 rings (SSSR count). The molecule has 0 bridgehead atoms. The van der Waals surface area contributed by atoms with Crippen molar-refractivity contribution in [1.29, 1.82) is 0 Å².